The van der Waals surface area contributed by atoms with E-state index < -0.39 is 11.4 Å². The third-order valence-electron chi connectivity index (χ3n) is 4.80. The Labute approximate surface area is 148 Å². The van der Waals surface area contributed by atoms with Crippen molar-refractivity contribution in [2.24, 2.45) is 0 Å². The molecule has 0 spiro atoms. The van der Waals surface area contributed by atoms with Crippen LogP contribution in [0.15, 0.2) is 35.4 Å². The number of hydrogen-bond acceptors (Lipinski definition) is 4. The Hall–Kier alpha value is -3.03. The van der Waals surface area contributed by atoms with E-state index in [0.29, 0.717) is 23.4 Å². The number of carbonyl (C=O) groups excluding carboxylic acids is 1. The fourth-order valence-corrected chi connectivity index (χ4v) is 3.46. The molecule has 1 amide bonds. The summed E-state index contributed by atoms with van der Waals surface area (Å²) in [6, 6.07) is 4.87. The number of rotatable bonds is 2. The van der Waals surface area contributed by atoms with Crippen molar-refractivity contribution < 1.29 is 9.18 Å². The molecule has 8 heteroatoms. The van der Waals surface area contributed by atoms with Gasteiger partial charge in [0.1, 0.15) is 0 Å². The van der Waals surface area contributed by atoms with E-state index in [1.54, 1.807) is 35.5 Å². The number of pyridine rings is 1. The third kappa shape index (κ3) is 2.67. The molecular weight excluding hydrogens is 337 g/mol. The first-order chi connectivity index (χ1) is 12.6. The average molecular weight is 355 g/mol. The summed E-state index contributed by atoms with van der Waals surface area (Å²) in [6.07, 6.45) is 5.82. The van der Waals surface area contributed by atoms with E-state index in [2.05, 4.69) is 15.1 Å². The predicted molar refractivity (Wildman–Crippen MR) is 92.4 cm³/mol. The molecule has 1 aliphatic heterocycles. The molecule has 1 atom stereocenters. The standard InChI is InChI=1S/C18H18FN5O2/c1-11-16(19)18(26)24-15(21-11)10-13(22-24)14-4-2-3-9-23(14)17(25)12-5-7-20-8-6-12/h5-8,10,14,22H,2-4,9H2,1H3/t14-/m0/s1. The molecule has 0 aliphatic carbocycles. The quantitative estimate of drug-likeness (QED) is 0.764. The highest BCUT2D eigenvalue weighted by atomic mass is 19.1. The molecule has 0 saturated carbocycles. The van der Waals surface area contributed by atoms with Gasteiger partial charge < -0.3 is 4.90 Å². The Balaban J connectivity index is 1.75. The van der Waals surface area contributed by atoms with Crippen LogP contribution in [0.5, 0.6) is 0 Å². The first-order valence-electron chi connectivity index (χ1n) is 8.55. The minimum absolute atomic E-state index is 0.0638. The van der Waals surface area contributed by atoms with Crippen molar-refractivity contribution in [1.29, 1.82) is 0 Å². The first kappa shape index (κ1) is 16.4. The second-order valence-electron chi connectivity index (χ2n) is 6.47. The number of nitrogens with zero attached hydrogens (tertiary/aromatic N) is 4. The number of piperidine rings is 1. The smallest absolute Gasteiger partial charge is 0.308 e. The number of H-pyrrole nitrogens is 1. The summed E-state index contributed by atoms with van der Waals surface area (Å²) in [7, 11) is 0. The maximum atomic E-state index is 13.9. The topological polar surface area (TPSA) is 83.4 Å². The molecule has 1 N–H and O–H groups in total. The normalized spacial score (nSPS) is 17.6. The molecule has 1 fully saturated rings. The lowest BCUT2D eigenvalue weighted by molar-refractivity contribution is 0.0605. The zero-order chi connectivity index (χ0) is 18.3. The maximum Gasteiger partial charge on any atom is 0.308 e. The van der Waals surface area contributed by atoms with Crippen molar-refractivity contribution in [2.45, 2.75) is 32.2 Å². The van der Waals surface area contributed by atoms with Crippen molar-refractivity contribution in [3.05, 3.63) is 63.7 Å². The minimum atomic E-state index is -0.871. The Morgan fingerprint density at radius 3 is 2.85 bits per heavy atom. The molecule has 0 bridgehead atoms. The van der Waals surface area contributed by atoms with E-state index in [4.69, 9.17) is 0 Å². The summed E-state index contributed by atoms with van der Waals surface area (Å²) in [6.45, 7) is 2.08. The Morgan fingerprint density at radius 1 is 1.31 bits per heavy atom. The molecule has 7 nitrogen and oxygen atoms in total. The number of aromatic nitrogens is 4. The van der Waals surface area contributed by atoms with Crippen molar-refractivity contribution in [2.75, 3.05) is 6.54 Å². The van der Waals surface area contributed by atoms with Gasteiger partial charge in [0.2, 0.25) is 5.82 Å². The molecule has 4 heterocycles. The molecule has 134 valence electrons. The number of nitrogens with one attached hydrogen (secondary N) is 1. The monoisotopic (exact) mass is 355 g/mol. The van der Waals surface area contributed by atoms with Crippen LogP contribution in [0.3, 0.4) is 0 Å². The van der Waals surface area contributed by atoms with E-state index in [1.165, 1.54) is 6.92 Å². The number of halogens is 1. The highest BCUT2D eigenvalue weighted by molar-refractivity contribution is 5.94. The van der Waals surface area contributed by atoms with Gasteiger partial charge in [0.15, 0.2) is 5.65 Å². The highest BCUT2D eigenvalue weighted by Gasteiger charge is 2.30. The number of aryl methyl sites for hydroxylation is 1. The van der Waals surface area contributed by atoms with Gasteiger partial charge in [-0.25, -0.2) is 4.98 Å². The fourth-order valence-electron chi connectivity index (χ4n) is 3.46. The Kier molecular flexibility index (Phi) is 4.02. The van der Waals surface area contributed by atoms with Gasteiger partial charge >= 0.3 is 5.56 Å². The van der Waals surface area contributed by atoms with Crippen molar-refractivity contribution >= 4 is 11.6 Å². The number of hydrogen-bond donors (Lipinski definition) is 1. The summed E-state index contributed by atoms with van der Waals surface area (Å²) in [5.74, 6) is -0.956. The van der Waals surface area contributed by atoms with Crippen LogP contribution in [0.2, 0.25) is 0 Å². The van der Waals surface area contributed by atoms with E-state index in [-0.39, 0.29) is 17.6 Å². The Morgan fingerprint density at radius 2 is 2.08 bits per heavy atom. The molecule has 0 unspecified atom stereocenters. The van der Waals surface area contributed by atoms with Crippen molar-refractivity contribution in [1.82, 2.24) is 24.5 Å². The lowest BCUT2D eigenvalue weighted by atomic mass is 9.98. The maximum absolute atomic E-state index is 13.9. The molecule has 26 heavy (non-hydrogen) atoms. The highest BCUT2D eigenvalue weighted by Crippen LogP contribution is 2.31. The van der Waals surface area contributed by atoms with Gasteiger partial charge in [0.25, 0.3) is 5.91 Å². The number of fused-ring (bicyclic) bond motifs is 1. The zero-order valence-corrected chi connectivity index (χ0v) is 14.3. The lowest BCUT2D eigenvalue weighted by Crippen LogP contribution is -2.38. The van der Waals surface area contributed by atoms with Gasteiger partial charge in [-0.3, -0.25) is 19.7 Å². The first-order valence-corrected chi connectivity index (χ1v) is 8.55. The number of carbonyl (C=O) groups is 1. The van der Waals surface area contributed by atoms with Crippen LogP contribution in [0.1, 0.15) is 47.1 Å². The van der Waals surface area contributed by atoms with Gasteiger partial charge in [-0.2, -0.15) is 8.91 Å². The molecule has 1 aliphatic rings. The number of amides is 1. The Bertz CT molecular complexity index is 1030. The SMILES string of the molecule is Cc1nc2cc([C@@H]3CCCCN3C(=O)c3ccncc3)[nH]n2c(=O)c1F. The second-order valence-corrected chi connectivity index (χ2v) is 6.47. The van der Waals surface area contributed by atoms with Gasteiger partial charge in [-0.15, -0.1) is 0 Å². The van der Waals surface area contributed by atoms with Crippen LogP contribution >= 0.6 is 0 Å². The van der Waals surface area contributed by atoms with Crippen LogP contribution in [0.4, 0.5) is 4.39 Å². The zero-order valence-electron chi connectivity index (χ0n) is 14.3. The molecule has 3 aromatic heterocycles. The summed E-state index contributed by atoms with van der Waals surface area (Å²) in [4.78, 5) is 34.9. The molecule has 0 radical (unpaired) electrons. The van der Waals surface area contributed by atoms with Crippen LogP contribution in [-0.4, -0.2) is 36.9 Å². The molecule has 0 aromatic carbocycles. The summed E-state index contributed by atoms with van der Waals surface area (Å²) >= 11 is 0. The number of aromatic amines is 1. The molecule has 3 aromatic rings. The van der Waals surface area contributed by atoms with Crippen LogP contribution in [0, 0.1) is 12.7 Å². The van der Waals surface area contributed by atoms with Gasteiger partial charge in [0, 0.05) is 30.6 Å². The van der Waals surface area contributed by atoms with E-state index in [0.717, 1.165) is 23.8 Å². The third-order valence-corrected chi connectivity index (χ3v) is 4.80. The van der Waals surface area contributed by atoms with Crippen LogP contribution < -0.4 is 5.56 Å². The molecule has 4 rings (SSSR count). The van der Waals surface area contributed by atoms with Gasteiger partial charge in [0.05, 0.1) is 17.4 Å². The minimum Gasteiger partial charge on any atom is -0.330 e. The van der Waals surface area contributed by atoms with E-state index >= 15 is 0 Å². The van der Waals surface area contributed by atoms with E-state index in [9.17, 15) is 14.0 Å². The lowest BCUT2D eigenvalue weighted by Gasteiger charge is -2.35. The predicted octanol–water partition coefficient (Wildman–Crippen LogP) is 2.23. The largest absolute Gasteiger partial charge is 0.330 e. The second kappa shape index (κ2) is 6.36. The molecule has 1 saturated heterocycles. The van der Waals surface area contributed by atoms with Gasteiger partial charge in [-0.1, -0.05) is 0 Å². The average Bonchev–Trinajstić information content (AvgIpc) is 3.10. The van der Waals surface area contributed by atoms with E-state index in [1.807, 2.05) is 0 Å². The van der Waals surface area contributed by atoms with Crippen molar-refractivity contribution in [3.63, 3.8) is 0 Å². The fraction of sp³-hybridized carbons (Fsp3) is 0.333. The van der Waals surface area contributed by atoms with Gasteiger partial charge in [-0.05, 0) is 38.3 Å². The summed E-state index contributed by atoms with van der Waals surface area (Å²) < 4.78 is 15.0. The van der Waals surface area contributed by atoms with Crippen LogP contribution in [0.25, 0.3) is 5.65 Å². The number of likely N-dealkylation sites (tertiary alicyclic amines) is 1. The van der Waals surface area contributed by atoms with Crippen molar-refractivity contribution in [3.8, 4) is 0 Å². The summed E-state index contributed by atoms with van der Waals surface area (Å²) in [5, 5.41) is 2.93. The van der Waals surface area contributed by atoms with Crippen LogP contribution in [-0.2, 0) is 0 Å². The molecular formula is C18H18FN5O2. The summed E-state index contributed by atoms with van der Waals surface area (Å²) in [5.41, 5.74) is 0.906.